The van der Waals surface area contributed by atoms with Crippen LogP contribution in [0.1, 0.15) is 27.0 Å². The molecule has 0 radical (unpaired) electrons. The van der Waals surface area contributed by atoms with Gasteiger partial charge in [0.15, 0.2) is 17.4 Å². The van der Waals surface area contributed by atoms with Crippen LogP contribution in [-0.2, 0) is 23.4 Å². The molecule has 0 aliphatic carbocycles. The topological polar surface area (TPSA) is 176 Å². The minimum atomic E-state index is -4.23. The zero-order valence-corrected chi connectivity index (χ0v) is 23.2. The molecule has 1 aliphatic heterocycles. The van der Waals surface area contributed by atoms with Gasteiger partial charge in [-0.3, -0.25) is 13.9 Å². The minimum absolute atomic E-state index is 0.114. The summed E-state index contributed by atoms with van der Waals surface area (Å²) in [7, 11) is -2.84. The highest BCUT2D eigenvalue weighted by Gasteiger charge is 2.54. The van der Waals surface area contributed by atoms with E-state index in [1.54, 1.807) is 37.3 Å². The van der Waals surface area contributed by atoms with E-state index in [-0.39, 0.29) is 34.7 Å². The Kier molecular flexibility index (Phi) is 8.76. The van der Waals surface area contributed by atoms with Crippen molar-refractivity contribution < 1.29 is 42.8 Å². The van der Waals surface area contributed by atoms with Crippen LogP contribution in [0.25, 0.3) is 11.2 Å². The van der Waals surface area contributed by atoms with Crippen LogP contribution in [0.4, 0.5) is 0 Å². The summed E-state index contributed by atoms with van der Waals surface area (Å²) in [6.07, 6.45) is -2.57. The highest BCUT2D eigenvalue weighted by atomic mass is 35.5. The lowest BCUT2D eigenvalue weighted by atomic mass is 9.96. The number of aliphatic hydroxyl groups excluding tert-OH is 1. The number of hydrogen-bond donors (Lipinski definition) is 3. The minimum Gasteiger partial charge on any atom is -0.479 e. The Bertz CT molecular complexity index is 1360. The quantitative estimate of drug-likeness (QED) is 0.170. The number of para-hydroxylation sites is 1. The van der Waals surface area contributed by atoms with Crippen molar-refractivity contribution in [3.8, 4) is 11.6 Å². The zero-order valence-electron chi connectivity index (χ0n) is 21.6. The molecule has 3 heterocycles. The SMILES string of the molecule is CCOC(=O)[C@H](C)NP(=O)(OC[C@H]1O[C@@H](n2cnc3c(OC)nc(Cl)nc32)[C@](C)(O)[C@@H]1O)Oc1ccccc1. The number of rotatable bonds is 11. The zero-order chi connectivity index (χ0) is 28.4. The number of nitrogens with zero attached hydrogens (tertiary/aromatic N) is 4. The third-order valence-corrected chi connectivity index (χ3v) is 7.74. The molecule has 1 saturated heterocycles. The predicted octanol–water partition coefficient (Wildman–Crippen LogP) is 2.24. The number of ether oxygens (including phenoxy) is 3. The third kappa shape index (κ3) is 6.17. The summed E-state index contributed by atoms with van der Waals surface area (Å²) in [5, 5.41) is 24.6. The van der Waals surface area contributed by atoms with Crippen molar-refractivity contribution in [2.24, 2.45) is 0 Å². The number of benzene rings is 1. The molecule has 2 aromatic heterocycles. The number of carbonyl (C=O) groups is 1. The number of hydrogen-bond acceptors (Lipinski definition) is 12. The molecule has 3 aromatic rings. The highest BCUT2D eigenvalue weighted by Crippen LogP contribution is 2.47. The van der Waals surface area contributed by atoms with Gasteiger partial charge < -0.3 is 28.9 Å². The third-order valence-electron chi connectivity index (χ3n) is 5.93. The molecule has 1 aromatic carbocycles. The fraction of sp³-hybridized carbons (Fsp3) is 0.478. The number of fused-ring (bicyclic) bond motifs is 1. The summed E-state index contributed by atoms with van der Waals surface area (Å²) in [4.78, 5) is 24.5. The average Bonchev–Trinajstić information content (AvgIpc) is 3.40. The number of methoxy groups -OCH3 is 1. The van der Waals surface area contributed by atoms with Crippen molar-refractivity contribution in [3.05, 3.63) is 41.9 Å². The molecule has 14 nitrogen and oxygen atoms in total. The van der Waals surface area contributed by atoms with Crippen molar-refractivity contribution >= 4 is 36.5 Å². The molecule has 0 bridgehead atoms. The van der Waals surface area contributed by atoms with Gasteiger partial charge in [-0.1, -0.05) is 18.2 Å². The van der Waals surface area contributed by atoms with Crippen LogP contribution in [0.3, 0.4) is 0 Å². The van der Waals surface area contributed by atoms with Gasteiger partial charge in [0, 0.05) is 0 Å². The van der Waals surface area contributed by atoms with E-state index in [1.807, 2.05) is 0 Å². The van der Waals surface area contributed by atoms with Crippen LogP contribution < -0.4 is 14.3 Å². The van der Waals surface area contributed by atoms with E-state index >= 15 is 0 Å². The van der Waals surface area contributed by atoms with Gasteiger partial charge >= 0.3 is 13.7 Å². The Balaban J connectivity index is 1.57. The van der Waals surface area contributed by atoms with Crippen molar-refractivity contribution in [2.75, 3.05) is 20.3 Å². The number of nitrogens with one attached hydrogen (secondary N) is 1. The fourth-order valence-corrected chi connectivity index (χ4v) is 5.65. The number of aromatic nitrogens is 4. The average molecular weight is 586 g/mol. The van der Waals surface area contributed by atoms with Crippen LogP contribution in [0, 0.1) is 0 Å². The van der Waals surface area contributed by atoms with Crippen LogP contribution >= 0.6 is 19.3 Å². The van der Waals surface area contributed by atoms with Gasteiger partial charge in [0.05, 0.1) is 26.7 Å². The van der Waals surface area contributed by atoms with E-state index in [1.165, 1.54) is 31.9 Å². The molecule has 39 heavy (non-hydrogen) atoms. The molecular formula is C23H29ClN5O9P. The van der Waals surface area contributed by atoms with Gasteiger partial charge in [-0.05, 0) is 44.5 Å². The van der Waals surface area contributed by atoms with Crippen LogP contribution in [0.15, 0.2) is 36.7 Å². The van der Waals surface area contributed by atoms with E-state index in [9.17, 15) is 19.6 Å². The molecule has 16 heteroatoms. The van der Waals surface area contributed by atoms with E-state index in [0.717, 1.165) is 0 Å². The molecule has 212 valence electrons. The van der Waals surface area contributed by atoms with Gasteiger partial charge in [0.25, 0.3) is 0 Å². The second-order valence-corrected chi connectivity index (χ2v) is 10.9. The molecule has 0 amide bonds. The fourth-order valence-electron chi connectivity index (χ4n) is 4.00. The number of esters is 1. The van der Waals surface area contributed by atoms with Gasteiger partial charge in [-0.25, -0.2) is 9.55 Å². The van der Waals surface area contributed by atoms with Gasteiger partial charge in [0.2, 0.25) is 11.2 Å². The van der Waals surface area contributed by atoms with Crippen molar-refractivity contribution in [1.82, 2.24) is 24.6 Å². The number of carbonyl (C=O) groups excluding carboxylic acids is 1. The lowest BCUT2D eigenvalue weighted by Gasteiger charge is -2.27. The summed E-state index contributed by atoms with van der Waals surface area (Å²) < 4.78 is 42.4. The molecular weight excluding hydrogens is 557 g/mol. The first-order valence-corrected chi connectivity index (χ1v) is 13.8. The maximum atomic E-state index is 13.7. The molecule has 1 aliphatic rings. The lowest BCUT2D eigenvalue weighted by Crippen LogP contribution is -2.44. The Labute approximate surface area is 228 Å². The molecule has 6 atom stereocenters. The Hall–Kier alpha value is -2.84. The standard InChI is InChI=1S/C23H29ClN5O9P/c1-5-35-20(31)13(2)28-39(33,38-14-9-7-6-8-10-14)36-11-15-17(30)23(3,32)21(37-15)29-12-25-16-18(29)26-22(24)27-19(16)34-4/h6-10,12-13,15,17,21,30,32H,5,11H2,1-4H3,(H,28,33)/t13-,15+,17+,21+,23+,39?/m0/s1. The smallest absolute Gasteiger partial charge is 0.459 e. The first-order valence-electron chi connectivity index (χ1n) is 11.9. The van der Waals surface area contributed by atoms with Gasteiger partial charge in [-0.15, -0.1) is 0 Å². The van der Waals surface area contributed by atoms with E-state index in [2.05, 4.69) is 20.0 Å². The molecule has 1 fully saturated rings. The summed E-state index contributed by atoms with van der Waals surface area (Å²) in [6.45, 7) is 4.07. The number of imidazole rings is 1. The largest absolute Gasteiger partial charge is 0.479 e. The van der Waals surface area contributed by atoms with Gasteiger partial charge in [0.1, 0.15) is 29.6 Å². The summed E-state index contributed by atoms with van der Waals surface area (Å²) >= 11 is 6.02. The monoisotopic (exact) mass is 585 g/mol. The first kappa shape index (κ1) is 29.2. The Morgan fingerprint density at radius 2 is 2.05 bits per heavy atom. The summed E-state index contributed by atoms with van der Waals surface area (Å²) in [6, 6.07) is 7.13. The number of halogens is 1. The maximum Gasteiger partial charge on any atom is 0.459 e. The molecule has 3 N–H and O–H groups in total. The van der Waals surface area contributed by atoms with E-state index in [0.29, 0.717) is 0 Å². The first-order chi connectivity index (χ1) is 18.5. The van der Waals surface area contributed by atoms with Crippen molar-refractivity contribution in [1.29, 1.82) is 0 Å². The summed E-state index contributed by atoms with van der Waals surface area (Å²) in [5.74, 6) is -0.346. The molecule has 4 rings (SSSR count). The predicted molar refractivity (Wildman–Crippen MR) is 137 cm³/mol. The normalized spacial score (nSPS) is 25.3. The van der Waals surface area contributed by atoms with Crippen LogP contribution in [-0.4, -0.2) is 79.9 Å². The Morgan fingerprint density at radius 1 is 1.33 bits per heavy atom. The second kappa shape index (κ2) is 11.7. The van der Waals surface area contributed by atoms with E-state index in [4.69, 9.17) is 34.9 Å². The van der Waals surface area contributed by atoms with Crippen LogP contribution in [0.2, 0.25) is 5.28 Å². The maximum absolute atomic E-state index is 13.7. The van der Waals surface area contributed by atoms with Crippen molar-refractivity contribution in [3.63, 3.8) is 0 Å². The van der Waals surface area contributed by atoms with Crippen LogP contribution in [0.5, 0.6) is 11.6 Å². The van der Waals surface area contributed by atoms with Crippen molar-refractivity contribution in [2.45, 2.75) is 50.8 Å². The lowest BCUT2D eigenvalue weighted by molar-refractivity contribution is -0.144. The van der Waals surface area contributed by atoms with Gasteiger partial charge in [-0.2, -0.15) is 15.1 Å². The van der Waals surface area contributed by atoms with E-state index < -0.39 is 50.4 Å². The summed E-state index contributed by atoms with van der Waals surface area (Å²) in [5.41, 5.74) is -1.43. The second-order valence-electron chi connectivity index (χ2n) is 8.82. The number of aliphatic hydroxyl groups is 2. The molecule has 0 saturated carbocycles. The highest BCUT2D eigenvalue weighted by molar-refractivity contribution is 7.52. The molecule has 0 spiro atoms. The Morgan fingerprint density at radius 3 is 2.72 bits per heavy atom. The molecule has 1 unspecified atom stereocenters.